The van der Waals surface area contributed by atoms with Crippen LogP contribution < -0.4 is 14.5 Å². The number of para-hydroxylation sites is 1. The minimum absolute atomic E-state index is 0.312. The number of aryl methyl sites for hydroxylation is 1. The standard InChI is InChI=1S/C25H21ClN2O3/c1-16-9-11-17(12-10-16)22-23(27(2)18-7-5-4-6-8-18)25(30)28(24(22)29)19-13-14-21(31-3)20(26)15-19/h4-15H,1-3H3. The molecule has 156 valence electrons. The van der Waals surface area contributed by atoms with Crippen molar-refractivity contribution in [2.24, 2.45) is 0 Å². The van der Waals surface area contributed by atoms with E-state index in [2.05, 4.69) is 0 Å². The normalized spacial score (nSPS) is 13.7. The first-order chi connectivity index (χ1) is 14.9. The fraction of sp³-hybridized carbons (Fsp3) is 0.120. The van der Waals surface area contributed by atoms with Crippen LogP contribution in [0.1, 0.15) is 11.1 Å². The van der Waals surface area contributed by atoms with Crippen molar-refractivity contribution < 1.29 is 14.3 Å². The summed E-state index contributed by atoms with van der Waals surface area (Å²) in [5.41, 5.74) is 3.61. The Morgan fingerprint density at radius 2 is 1.58 bits per heavy atom. The largest absolute Gasteiger partial charge is 0.495 e. The van der Waals surface area contributed by atoms with E-state index in [1.165, 1.54) is 7.11 Å². The molecule has 3 aromatic rings. The molecular weight excluding hydrogens is 412 g/mol. The molecule has 0 atom stereocenters. The molecule has 0 unspecified atom stereocenters. The van der Waals surface area contributed by atoms with E-state index in [1.54, 1.807) is 30.1 Å². The summed E-state index contributed by atoms with van der Waals surface area (Å²) < 4.78 is 5.20. The Morgan fingerprint density at radius 1 is 0.903 bits per heavy atom. The van der Waals surface area contributed by atoms with Gasteiger partial charge in [0.25, 0.3) is 11.8 Å². The van der Waals surface area contributed by atoms with E-state index in [-0.39, 0.29) is 0 Å². The van der Waals surface area contributed by atoms with Crippen LogP contribution in [0.2, 0.25) is 5.02 Å². The van der Waals surface area contributed by atoms with Crippen LogP contribution in [0.4, 0.5) is 11.4 Å². The molecule has 1 aliphatic rings. The first-order valence-electron chi connectivity index (χ1n) is 9.74. The number of rotatable bonds is 5. The average molecular weight is 433 g/mol. The lowest BCUT2D eigenvalue weighted by Gasteiger charge is -2.21. The molecule has 0 radical (unpaired) electrons. The Bertz CT molecular complexity index is 1190. The number of ether oxygens (including phenoxy) is 1. The van der Waals surface area contributed by atoms with Gasteiger partial charge in [0.05, 0.1) is 23.4 Å². The molecule has 0 saturated carbocycles. The van der Waals surface area contributed by atoms with Crippen molar-refractivity contribution in [2.75, 3.05) is 24.0 Å². The highest BCUT2D eigenvalue weighted by atomic mass is 35.5. The van der Waals surface area contributed by atoms with Crippen LogP contribution >= 0.6 is 11.6 Å². The maximum atomic E-state index is 13.6. The maximum absolute atomic E-state index is 13.6. The second kappa shape index (κ2) is 8.28. The number of hydrogen-bond acceptors (Lipinski definition) is 4. The van der Waals surface area contributed by atoms with Crippen molar-refractivity contribution in [3.8, 4) is 5.75 Å². The van der Waals surface area contributed by atoms with E-state index < -0.39 is 11.8 Å². The van der Waals surface area contributed by atoms with Crippen molar-refractivity contribution in [2.45, 2.75) is 6.92 Å². The summed E-state index contributed by atoms with van der Waals surface area (Å²) in [6, 6.07) is 21.9. The zero-order valence-electron chi connectivity index (χ0n) is 17.4. The zero-order chi connectivity index (χ0) is 22.1. The Labute approximate surface area is 186 Å². The fourth-order valence-corrected chi connectivity index (χ4v) is 3.87. The van der Waals surface area contributed by atoms with Crippen molar-refractivity contribution in [1.82, 2.24) is 0 Å². The predicted molar refractivity (Wildman–Crippen MR) is 123 cm³/mol. The van der Waals surface area contributed by atoms with Gasteiger partial charge < -0.3 is 9.64 Å². The third-order valence-corrected chi connectivity index (χ3v) is 5.57. The molecule has 31 heavy (non-hydrogen) atoms. The smallest absolute Gasteiger partial charge is 0.282 e. The lowest BCUT2D eigenvalue weighted by molar-refractivity contribution is -0.120. The Kier molecular flexibility index (Phi) is 5.53. The van der Waals surface area contributed by atoms with Crippen LogP contribution in [0.3, 0.4) is 0 Å². The number of halogens is 1. The quantitative estimate of drug-likeness (QED) is 0.528. The number of likely N-dealkylation sites (N-methyl/N-ethyl adjacent to an activating group) is 1. The van der Waals surface area contributed by atoms with Gasteiger partial charge in [-0.2, -0.15) is 0 Å². The molecule has 3 aromatic carbocycles. The summed E-state index contributed by atoms with van der Waals surface area (Å²) in [5, 5.41) is 0.322. The van der Waals surface area contributed by atoms with Gasteiger partial charge in [-0.25, -0.2) is 4.90 Å². The minimum atomic E-state index is -0.409. The van der Waals surface area contributed by atoms with E-state index >= 15 is 0 Å². The second-order valence-electron chi connectivity index (χ2n) is 7.25. The van der Waals surface area contributed by atoms with Gasteiger partial charge in [-0.15, -0.1) is 0 Å². The monoisotopic (exact) mass is 432 g/mol. The van der Waals surface area contributed by atoms with E-state index in [0.717, 1.165) is 16.2 Å². The molecule has 0 fully saturated rings. The molecule has 5 nitrogen and oxygen atoms in total. The number of benzene rings is 3. The summed E-state index contributed by atoms with van der Waals surface area (Å²) >= 11 is 6.27. The summed E-state index contributed by atoms with van der Waals surface area (Å²) in [7, 11) is 3.30. The van der Waals surface area contributed by atoms with Gasteiger partial charge in [-0.05, 0) is 42.8 Å². The molecule has 0 aromatic heterocycles. The van der Waals surface area contributed by atoms with Crippen LogP contribution in [0, 0.1) is 6.92 Å². The molecule has 6 heteroatoms. The molecule has 0 spiro atoms. The first-order valence-corrected chi connectivity index (χ1v) is 10.1. The van der Waals surface area contributed by atoms with Crippen LogP contribution in [-0.2, 0) is 9.59 Å². The molecule has 0 saturated heterocycles. The Morgan fingerprint density at radius 3 is 2.19 bits per heavy atom. The Balaban J connectivity index is 1.86. The summed E-state index contributed by atoms with van der Waals surface area (Å²) in [4.78, 5) is 30.1. The molecule has 1 heterocycles. The highest BCUT2D eigenvalue weighted by Gasteiger charge is 2.42. The minimum Gasteiger partial charge on any atom is -0.495 e. The molecule has 1 aliphatic heterocycles. The van der Waals surface area contributed by atoms with Gasteiger partial charge in [0.1, 0.15) is 11.4 Å². The average Bonchev–Trinajstić information content (AvgIpc) is 3.04. The highest BCUT2D eigenvalue weighted by Crippen LogP contribution is 2.38. The van der Waals surface area contributed by atoms with Crippen molar-refractivity contribution in [3.63, 3.8) is 0 Å². The fourth-order valence-electron chi connectivity index (χ4n) is 3.62. The number of hydrogen-bond donors (Lipinski definition) is 0. The van der Waals surface area contributed by atoms with Gasteiger partial charge in [-0.1, -0.05) is 59.6 Å². The van der Waals surface area contributed by atoms with Gasteiger partial charge in [0.15, 0.2) is 0 Å². The summed E-state index contributed by atoms with van der Waals surface area (Å²) in [6.45, 7) is 1.97. The van der Waals surface area contributed by atoms with Gasteiger partial charge in [0.2, 0.25) is 0 Å². The molecule has 0 bridgehead atoms. The number of anilines is 2. The molecule has 2 amide bonds. The molecular formula is C25H21ClN2O3. The Hall–Kier alpha value is -3.57. The number of nitrogens with zero attached hydrogens (tertiary/aromatic N) is 2. The molecule has 4 rings (SSSR count). The number of carbonyl (C=O) groups is 2. The van der Waals surface area contributed by atoms with E-state index in [9.17, 15) is 9.59 Å². The number of methoxy groups -OCH3 is 1. The van der Waals surface area contributed by atoms with Crippen molar-refractivity contribution in [3.05, 3.63) is 94.6 Å². The summed E-state index contributed by atoms with van der Waals surface area (Å²) in [6.07, 6.45) is 0. The topological polar surface area (TPSA) is 49.9 Å². The summed E-state index contributed by atoms with van der Waals surface area (Å²) in [5.74, 6) is -0.334. The van der Waals surface area contributed by atoms with E-state index in [4.69, 9.17) is 16.3 Å². The van der Waals surface area contributed by atoms with Crippen LogP contribution in [0.15, 0.2) is 78.5 Å². The molecule has 0 aliphatic carbocycles. The number of carbonyl (C=O) groups excluding carboxylic acids is 2. The van der Waals surface area contributed by atoms with Crippen molar-refractivity contribution >= 4 is 40.4 Å². The predicted octanol–water partition coefficient (Wildman–Crippen LogP) is 5.08. The first kappa shape index (κ1) is 20.7. The third kappa shape index (κ3) is 3.68. The van der Waals surface area contributed by atoms with Crippen molar-refractivity contribution in [1.29, 1.82) is 0 Å². The maximum Gasteiger partial charge on any atom is 0.282 e. The lowest BCUT2D eigenvalue weighted by Crippen LogP contribution is -2.34. The van der Waals surface area contributed by atoms with E-state index in [1.807, 2.05) is 61.5 Å². The third-order valence-electron chi connectivity index (χ3n) is 5.27. The second-order valence-corrected chi connectivity index (χ2v) is 7.66. The van der Waals surface area contributed by atoms with E-state index in [0.29, 0.717) is 33.3 Å². The zero-order valence-corrected chi connectivity index (χ0v) is 18.2. The van der Waals surface area contributed by atoms with Gasteiger partial charge in [-0.3, -0.25) is 9.59 Å². The number of imide groups is 1. The van der Waals surface area contributed by atoms with Crippen LogP contribution in [0.5, 0.6) is 5.75 Å². The van der Waals surface area contributed by atoms with Crippen LogP contribution in [0.25, 0.3) is 5.57 Å². The molecule has 0 N–H and O–H groups in total. The van der Waals surface area contributed by atoms with Crippen LogP contribution in [-0.4, -0.2) is 26.0 Å². The van der Waals surface area contributed by atoms with Gasteiger partial charge >= 0.3 is 0 Å². The lowest BCUT2D eigenvalue weighted by atomic mass is 10.0. The SMILES string of the molecule is COc1ccc(N2C(=O)C(c3ccc(C)cc3)=C(N(C)c3ccccc3)C2=O)cc1Cl. The highest BCUT2D eigenvalue weighted by molar-refractivity contribution is 6.46. The number of amides is 2. The van der Waals surface area contributed by atoms with Gasteiger partial charge in [0, 0.05) is 12.7 Å².